The van der Waals surface area contributed by atoms with E-state index in [1.54, 1.807) is 13.8 Å². The first-order valence-electron chi connectivity index (χ1n) is 11.7. The Morgan fingerprint density at radius 1 is 0.909 bits per heavy atom. The van der Waals surface area contributed by atoms with Crippen molar-refractivity contribution >= 4 is 0 Å². The molecule has 0 heterocycles. The van der Waals surface area contributed by atoms with Crippen LogP contribution in [0.1, 0.15) is 85.5 Å². The van der Waals surface area contributed by atoms with Crippen LogP contribution in [0.25, 0.3) is 0 Å². The van der Waals surface area contributed by atoms with Crippen molar-refractivity contribution in [1.82, 2.24) is 0 Å². The molecule has 5 atom stereocenters. The van der Waals surface area contributed by atoms with Crippen molar-refractivity contribution < 1.29 is 41.7 Å². The molecule has 2 aliphatic rings. The summed E-state index contributed by atoms with van der Waals surface area (Å²) in [5, 5.41) is 30.1. The molecule has 2 saturated carbocycles. The highest BCUT2D eigenvalue weighted by atomic mass is 19.4. The molecule has 0 radical (unpaired) electrons. The zero-order valence-corrected chi connectivity index (χ0v) is 19.9. The summed E-state index contributed by atoms with van der Waals surface area (Å²) >= 11 is 0. The average molecular weight is 489 g/mol. The van der Waals surface area contributed by atoms with Crippen LogP contribution in [0.15, 0.2) is 12.2 Å². The Labute approximate surface area is 192 Å². The summed E-state index contributed by atoms with van der Waals surface area (Å²) in [5.41, 5.74) is -6.76. The smallest absolute Gasteiger partial charge is 0.393 e. The Balaban J connectivity index is 2.35. The van der Waals surface area contributed by atoms with Crippen LogP contribution in [0, 0.1) is 22.7 Å². The lowest BCUT2D eigenvalue weighted by Gasteiger charge is -2.50. The minimum Gasteiger partial charge on any atom is -0.393 e. The largest absolute Gasteiger partial charge is 0.429 e. The van der Waals surface area contributed by atoms with E-state index in [1.165, 1.54) is 0 Å². The molecule has 0 bridgehead atoms. The molecule has 194 valence electrons. The van der Waals surface area contributed by atoms with Gasteiger partial charge < -0.3 is 15.3 Å². The van der Waals surface area contributed by atoms with Crippen LogP contribution in [0.5, 0.6) is 0 Å². The zero-order valence-electron chi connectivity index (χ0n) is 19.9. The fraction of sp³-hybridized carbons (Fsp3) is 0.917. The quantitative estimate of drug-likeness (QED) is 0.277. The van der Waals surface area contributed by atoms with Crippen LogP contribution < -0.4 is 0 Å². The molecule has 0 amide bonds. The Kier molecular flexibility index (Phi) is 8.05. The standard InChI is InChI=1S/C24H38F6O3/c1-19(2,32)11-6-12-20(3,13-7-15-22(33,23(25,26)27)24(28,29)30)18-10-9-16-17(31)8-5-14-21(16,18)4/h7,15-18,31-33H,5-6,8-14H2,1-4H3/t16?,17-,18+,20?,21-/m0/s1. The van der Waals surface area contributed by atoms with E-state index in [4.69, 9.17) is 0 Å². The van der Waals surface area contributed by atoms with Crippen molar-refractivity contribution in [3.63, 3.8) is 0 Å². The fourth-order valence-corrected chi connectivity index (χ4v) is 6.49. The van der Waals surface area contributed by atoms with Gasteiger partial charge in [-0.15, -0.1) is 0 Å². The molecule has 2 aliphatic carbocycles. The summed E-state index contributed by atoms with van der Waals surface area (Å²) in [6.07, 6.45) is -6.29. The highest BCUT2D eigenvalue weighted by molar-refractivity contribution is 5.13. The number of allylic oxidation sites excluding steroid dienone is 1. The molecule has 0 aromatic heterocycles. The van der Waals surface area contributed by atoms with Gasteiger partial charge in [0.05, 0.1) is 11.7 Å². The molecule has 0 spiro atoms. The molecule has 0 aliphatic heterocycles. The first-order chi connectivity index (χ1) is 14.8. The minimum absolute atomic E-state index is 0.0127. The third-order valence-electron chi connectivity index (χ3n) is 8.27. The van der Waals surface area contributed by atoms with Gasteiger partial charge in [-0.05, 0) is 87.5 Å². The van der Waals surface area contributed by atoms with Crippen molar-refractivity contribution in [1.29, 1.82) is 0 Å². The molecule has 3 nitrogen and oxygen atoms in total. The Morgan fingerprint density at radius 2 is 1.48 bits per heavy atom. The summed E-state index contributed by atoms with van der Waals surface area (Å²) in [4.78, 5) is 0. The van der Waals surface area contributed by atoms with Crippen molar-refractivity contribution in [2.45, 2.75) is 115 Å². The van der Waals surface area contributed by atoms with Crippen molar-refractivity contribution in [3.8, 4) is 0 Å². The number of aliphatic hydroxyl groups excluding tert-OH is 1. The molecular weight excluding hydrogens is 450 g/mol. The second-order valence-corrected chi connectivity index (χ2v) is 11.4. The van der Waals surface area contributed by atoms with E-state index in [0.29, 0.717) is 25.7 Å². The van der Waals surface area contributed by atoms with Crippen molar-refractivity contribution in [3.05, 3.63) is 12.2 Å². The van der Waals surface area contributed by atoms with Crippen LogP contribution in [0.2, 0.25) is 0 Å². The van der Waals surface area contributed by atoms with E-state index in [2.05, 4.69) is 6.92 Å². The third kappa shape index (κ3) is 5.89. The zero-order chi connectivity index (χ0) is 25.5. The van der Waals surface area contributed by atoms with Gasteiger partial charge in [-0.25, -0.2) is 0 Å². The van der Waals surface area contributed by atoms with Crippen molar-refractivity contribution in [2.24, 2.45) is 22.7 Å². The highest BCUT2D eigenvalue weighted by Crippen LogP contribution is 2.62. The van der Waals surface area contributed by atoms with E-state index in [-0.39, 0.29) is 29.7 Å². The Morgan fingerprint density at radius 3 is 2.00 bits per heavy atom. The van der Waals surface area contributed by atoms with Crippen LogP contribution in [0.4, 0.5) is 26.3 Å². The van der Waals surface area contributed by atoms with Crippen LogP contribution in [-0.4, -0.2) is 45.0 Å². The van der Waals surface area contributed by atoms with Gasteiger partial charge in [-0.3, -0.25) is 0 Å². The average Bonchev–Trinajstić information content (AvgIpc) is 2.97. The Bertz CT molecular complexity index is 682. The maximum atomic E-state index is 13.1. The number of rotatable bonds is 8. The molecule has 0 saturated heterocycles. The molecule has 0 aromatic carbocycles. The first kappa shape index (κ1) is 28.4. The van der Waals surface area contributed by atoms with Gasteiger partial charge in [-0.1, -0.05) is 32.8 Å². The number of hydrogen-bond acceptors (Lipinski definition) is 3. The number of alkyl halides is 6. The molecule has 9 heteroatoms. The molecule has 3 N–H and O–H groups in total. The molecular formula is C24H38F6O3. The monoisotopic (exact) mass is 488 g/mol. The summed E-state index contributed by atoms with van der Waals surface area (Å²) in [6, 6.07) is 0. The second kappa shape index (κ2) is 9.34. The van der Waals surface area contributed by atoms with E-state index in [1.807, 2.05) is 6.92 Å². The van der Waals surface area contributed by atoms with Gasteiger partial charge in [-0.2, -0.15) is 26.3 Å². The van der Waals surface area contributed by atoms with E-state index >= 15 is 0 Å². The molecule has 0 aromatic rings. The second-order valence-electron chi connectivity index (χ2n) is 11.4. The number of halogens is 6. The maximum absolute atomic E-state index is 13.1. The summed E-state index contributed by atoms with van der Waals surface area (Å²) in [5.74, 6) is 0.0393. The lowest BCUT2D eigenvalue weighted by Crippen LogP contribution is -2.55. The van der Waals surface area contributed by atoms with E-state index in [0.717, 1.165) is 31.8 Å². The first-order valence-corrected chi connectivity index (χ1v) is 11.7. The predicted molar refractivity (Wildman–Crippen MR) is 113 cm³/mol. The van der Waals surface area contributed by atoms with Gasteiger partial charge in [0, 0.05) is 0 Å². The maximum Gasteiger partial charge on any atom is 0.429 e. The van der Waals surface area contributed by atoms with Gasteiger partial charge in [0.2, 0.25) is 0 Å². The van der Waals surface area contributed by atoms with Crippen molar-refractivity contribution in [2.75, 3.05) is 0 Å². The third-order valence-corrected chi connectivity index (χ3v) is 8.27. The van der Waals surface area contributed by atoms with Gasteiger partial charge in [0.1, 0.15) is 0 Å². The predicted octanol–water partition coefficient (Wildman–Crippen LogP) is 6.31. The van der Waals surface area contributed by atoms with E-state index in [9.17, 15) is 41.7 Å². The lowest BCUT2D eigenvalue weighted by atomic mass is 9.56. The molecule has 33 heavy (non-hydrogen) atoms. The molecule has 2 fully saturated rings. The lowest BCUT2D eigenvalue weighted by molar-refractivity contribution is -0.347. The van der Waals surface area contributed by atoms with E-state index < -0.39 is 35.1 Å². The van der Waals surface area contributed by atoms with Crippen LogP contribution in [-0.2, 0) is 0 Å². The molecule has 2 unspecified atom stereocenters. The van der Waals surface area contributed by atoms with Crippen LogP contribution in [0.3, 0.4) is 0 Å². The SMILES string of the molecule is CC(C)(O)CCCC(C)(CC=CC(O)(C(F)(F)F)C(F)(F)F)[C@H]1CCC2[C@@H](O)CCC[C@@]21C. The molecule has 2 rings (SSSR count). The van der Waals surface area contributed by atoms with Crippen LogP contribution >= 0.6 is 0 Å². The number of fused-ring (bicyclic) bond motifs is 1. The topological polar surface area (TPSA) is 60.7 Å². The highest BCUT2D eigenvalue weighted by Gasteiger charge is 2.69. The van der Waals surface area contributed by atoms with Gasteiger partial charge in [0.15, 0.2) is 0 Å². The van der Waals surface area contributed by atoms with Gasteiger partial charge in [0.25, 0.3) is 5.60 Å². The summed E-state index contributed by atoms with van der Waals surface area (Å²) in [6.45, 7) is 7.27. The Hall–Kier alpha value is -0.800. The fourth-order valence-electron chi connectivity index (χ4n) is 6.49. The summed E-state index contributed by atoms with van der Waals surface area (Å²) < 4.78 is 78.6. The minimum atomic E-state index is -5.89. The number of hydrogen-bond donors (Lipinski definition) is 3. The number of aliphatic hydroxyl groups is 3. The normalized spacial score (nSPS) is 31.6. The van der Waals surface area contributed by atoms with Gasteiger partial charge >= 0.3 is 12.4 Å². The summed E-state index contributed by atoms with van der Waals surface area (Å²) in [7, 11) is 0.